The molecule has 0 aliphatic heterocycles. The Kier molecular flexibility index (Phi) is 4.92. The Morgan fingerprint density at radius 3 is 2.61 bits per heavy atom. The lowest BCUT2D eigenvalue weighted by atomic mass is 10.1. The summed E-state index contributed by atoms with van der Waals surface area (Å²) in [6.45, 7) is 0. The Balaban J connectivity index is 2.27. The molecule has 2 aromatic carbocycles. The first-order valence-electron chi connectivity index (χ1n) is 6.36. The van der Waals surface area contributed by atoms with Crippen molar-refractivity contribution in [1.29, 1.82) is 0 Å². The fourth-order valence-electron chi connectivity index (χ4n) is 1.84. The highest BCUT2D eigenvalue weighted by atomic mass is 35.5. The maximum atomic E-state index is 12.2. The minimum Gasteiger partial charge on any atom is -0.465 e. The average molecular weight is 335 g/mol. The predicted molar refractivity (Wildman–Crippen MR) is 83.8 cm³/mol. The molecule has 0 unspecified atom stereocenters. The molecule has 1 N–H and O–H groups in total. The van der Waals surface area contributed by atoms with Gasteiger partial charge in [-0.25, -0.2) is 4.79 Å². The van der Waals surface area contributed by atoms with Gasteiger partial charge in [0.05, 0.1) is 28.2 Å². The molecule has 2 rings (SSSR count). The molecule has 7 nitrogen and oxygen atoms in total. The zero-order valence-corrected chi connectivity index (χ0v) is 12.7. The van der Waals surface area contributed by atoms with Gasteiger partial charge in [0.25, 0.3) is 11.6 Å². The van der Waals surface area contributed by atoms with Crippen LogP contribution in [0.2, 0.25) is 5.02 Å². The third-order valence-corrected chi connectivity index (χ3v) is 3.28. The van der Waals surface area contributed by atoms with Crippen molar-refractivity contribution in [1.82, 2.24) is 0 Å². The fourth-order valence-corrected chi connectivity index (χ4v) is 2.04. The molecule has 0 atom stereocenters. The number of nitro benzene ring substituents is 1. The highest BCUT2D eigenvalue weighted by Gasteiger charge is 2.16. The van der Waals surface area contributed by atoms with Crippen LogP contribution in [-0.2, 0) is 4.74 Å². The summed E-state index contributed by atoms with van der Waals surface area (Å²) in [6.07, 6.45) is 0. The van der Waals surface area contributed by atoms with Gasteiger partial charge in [-0.05, 0) is 24.3 Å². The first-order valence-corrected chi connectivity index (χ1v) is 6.74. The van der Waals surface area contributed by atoms with E-state index in [-0.39, 0.29) is 21.8 Å². The molecular formula is C15H11ClN2O5. The van der Waals surface area contributed by atoms with Gasteiger partial charge in [-0.1, -0.05) is 17.7 Å². The maximum absolute atomic E-state index is 12.2. The van der Waals surface area contributed by atoms with Crippen molar-refractivity contribution in [3.8, 4) is 0 Å². The number of ether oxygens (including phenoxy) is 1. The van der Waals surface area contributed by atoms with Crippen molar-refractivity contribution in [2.45, 2.75) is 0 Å². The summed E-state index contributed by atoms with van der Waals surface area (Å²) in [5, 5.41) is 13.4. The van der Waals surface area contributed by atoms with Crippen LogP contribution in [0.4, 0.5) is 11.4 Å². The first-order chi connectivity index (χ1) is 10.9. The van der Waals surface area contributed by atoms with E-state index in [1.165, 1.54) is 31.4 Å². The second-order valence-electron chi connectivity index (χ2n) is 4.45. The van der Waals surface area contributed by atoms with E-state index in [4.69, 9.17) is 11.6 Å². The maximum Gasteiger partial charge on any atom is 0.337 e. The quantitative estimate of drug-likeness (QED) is 0.525. The van der Waals surface area contributed by atoms with Crippen LogP contribution in [-0.4, -0.2) is 23.9 Å². The monoisotopic (exact) mass is 334 g/mol. The second-order valence-corrected chi connectivity index (χ2v) is 4.85. The Labute approximate surface area is 136 Å². The molecule has 8 heteroatoms. The molecule has 1 amide bonds. The molecule has 0 saturated heterocycles. The number of nitro groups is 1. The summed E-state index contributed by atoms with van der Waals surface area (Å²) in [5.74, 6) is -1.17. The van der Waals surface area contributed by atoms with E-state index in [0.29, 0.717) is 5.69 Å². The van der Waals surface area contributed by atoms with Crippen molar-refractivity contribution >= 4 is 34.9 Å². The molecule has 0 radical (unpaired) electrons. The molecule has 2 aromatic rings. The van der Waals surface area contributed by atoms with Gasteiger partial charge in [-0.3, -0.25) is 14.9 Å². The number of methoxy groups -OCH3 is 1. The number of benzene rings is 2. The number of non-ortho nitro benzene ring substituents is 1. The number of nitrogens with one attached hydrogen (secondary N) is 1. The van der Waals surface area contributed by atoms with Gasteiger partial charge in [0.2, 0.25) is 0 Å². The SMILES string of the molecule is COC(=O)c1cccc(NC(=O)c2cc([N+](=O)[O-])ccc2Cl)c1. The van der Waals surface area contributed by atoms with Crippen LogP contribution >= 0.6 is 11.6 Å². The number of nitrogens with zero attached hydrogens (tertiary/aromatic N) is 1. The van der Waals surface area contributed by atoms with Crippen LogP contribution in [0, 0.1) is 10.1 Å². The standard InChI is InChI=1S/C15H11ClN2O5/c1-23-15(20)9-3-2-4-10(7-9)17-14(19)12-8-11(18(21)22)5-6-13(12)16/h2-8H,1H3,(H,17,19). The van der Waals surface area contributed by atoms with E-state index in [1.54, 1.807) is 12.1 Å². The number of esters is 1. The van der Waals surface area contributed by atoms with Gasteiger partial charge in [0.15, 0.2) is 0 Å². The van der Waals surface area contributed by atoms with Crippen molar-refractivity contribution in [2.24, 2.45) is 0 Å². The van der Waals surface area contributed by atoms with Gasteiger partial charge in [-0.15, -0.1) is 0 Å². The van der Waals surface area contributed by atoms with Crippen LogP contribution < -0.4 is 5.32 Å². The van der Waals surface area contributed by atoms with Gasteiger partial charge in [-0.2, -0.15) is 0 Å². The van der Waals surface area contributed by atoms with Gasteiger partial charge in [0, 0.05) is 17.8 Å². The van der Waals surface area contributed by atoms with Crippen LogP contribution in [0.1, 0.15) is 20.7 Å². The van der Waals surface area contributed by atoms with Crippen molar-refractivity contribution < 1.29 is 19.2 Å². The minimum absolute atomic E-state index is 0.0377. The van der Waals surface area contributed by atoms with E-state index in [1.807, 2.05) is 0 Å². The fraction of sp³-hybridized carbons (Fsp3) is 0.0667. The molecule has 0 heterocycles. The van der Waals surface area contributed by atoms with E-state index in [9.17, 15) is 19.7 Å². The summed E-state index contributed by atoms with van der Waals surface area (Å²) >= 11 is 5.91. The number of halogens is 1. The van der Waals surface area contributed by atoms with Gasteiger partial charge in [0.1, 0.15) is 0 Å². The molecule has 0 bridgehead atoms. The number of hydrogen-bond donors (Lipinski definition) is 1. The Morgan fingerprint density at radius 2 is 1.96 bits per heavy atom. The number of amides is 1. The third kappa shape index (κ3) is 3.83. The van der Waals surface area contributed by atoms with Crippen molar-refractivity contribution in [3.63, 3.8) is 0 Å². The second kappa shape index (κ2) is 6.89. The number of carbonyl (C=O) groups excluding carboxylic acids is 2. The number of carbonyl (C=O) groups is 2. The number of hydrogen-bond acceptors (Lipinski definition) is 5. The molecule has 23 heavy (non-hydrogen) atoms. The van der Waals surface area contributed by atoms with E-state index >= 15 is 0 Å². The summed E-state index contributed by atoms with van der Waals surface area (Å²) < 4.78 is 4.59. The lowest BCUT2D eigenvalue weighted by Crippen LogP contribution is -2.13. The molecule has 0 spiro atoms. The first kappa shape index (κ1) is 16.4. The van der Waals surface area contributed by atoms with Crippen LogP contribution in [0.15, 0.2) is 42.5 Å². The zero-order chi connectivity index (χ0) is 17.0. The predicted octanol–water partition coefficient (Wildman–Crippen LogP) is 3.29. The summed E-state index contributed by atoms with van der Waals surface area (Å²) in [4.78, 5) is 33.8. The normalized spacial score (nSPS) is 10.0. The zero-order valence-electron chi connectivity index (χ0n) is 11.9. The Morgan fingerprint density at radius 1 is 1.22 bits per heavy atom. The topological polar surface area (TPSA) is 98.5 Å². The molecule has 0 saturated carbocycles. The van der Waals surface area contributed by atoms with E-state index in [0.717, 1.165) is 6.07 Å². The molecule has 118 valence electrons. The van der Waals surface area contributed by atoms with Crippen LogP contribution in [0.3, 0.4) is 0 Å². The summed E-state index contributed by atoms with van der Waals surface area (Å²) in [6, 6.07) is 9.65. The van der Waals surface area contributed by atoms with Crippen molar-refractivity contribution in [2.75, 3.05) is 12.4 Å². The molecular weight excluding hydrogens is 324 g/mol. The smallest absolute Gasteiger partial charge is 0.337 e. The van der Waals surface area contributed by atoms with E-state index < -0.39 is 16.8 Å². The number of anilines is 1. The van der Waals surface area contributed by atoms with Crippen LogP contribution in [0.25, 0.3) is 0 Å². The third-order valence-electron chi connectivity index (χ3n) is 2.95. The summed E-state index contributed by atoms with van der Waals surface area (Å²) in [5.41, 5.74) is 0.308. The van der Waals surface area contributed by atoms with Crippen molar-refractivity contribution in [3.05, 3.63) is 68.7 Å². The highest BCUT2D eigenvalue weighted by molar-refractivity contribution is 6.34. The van der Waals surface area contributed by atoms with E-state index in [2.05, 4.69) is 10.1 Å². The molecule has 0 aliphatic rings. The molecule has 0 aromatic heterocycles. The van der Waals surface area contributed by atoms with Gasteiger partial charge < -0.3 is 10.1 Å². The molecule has 0 aliphatic carbocycles. The number of rotatable bonds is 4. The Hall–Kier alpha value is -2.93. The largest absolute Gasteiger partial charge is 0.465 e. The molecule has 0 fully saturated rings. The lowest BCUT2D eigenvalue weighted by Gasteiger charge is -2.08. The van der Waals surface area contributed by atoms with Gasteiger partial charge >= 0.3 is 5.97 Å². The summed E-state index contributed by atoms with van der Waals surface area (Å²) in [7, 11) is 1.25. The lowest BCUT2D eigenvalue weighted by molar-refractivity contribution is -0.384. The average Bonchev–Trinajstić information content (AvgIpc) is 2.54. The Bertz CT molecular complexity index is 791. The minimum atomic E-state index is -0.624. The van der Waals surface area contributed by atoms with Crippen LogP contribution in [0.5, 0.6) is 0 Å². The highest BCUT2D eigenvalue weighted by Crippen LogP contribution is 2.23.